The molecule has 0 bridgehead atoms. The molecular weight excluding hydrogens is 457 g/mol. The Labute approximate surface area is 215 Å². The molecule has 184 valence electrons. The first-order valence-electron chi connectivity index (χ1n) is 12.5. The minimum absolute atomic E-state index is 0.152. The molecule has 0 spiro atoms. The van der Waals surface area contributed by atoms with Gasteiger partial charge in [-0.3, -0.25) is 0 Å². The average Bonchev–Trinajstić information content (AvgIpc) is 2.88. The van der Waals surface area contributed by atoms with E-state index in [9.17, 15) is 0 Å². The van der Waals surface area contributed by atoms with Crippen LogP contribution in [0.3, 0.4) is 0 Å². The predicted molar refractivity (Wildman–Crippen MR) is 158 cm³/mol. The van der Waals surface area contributed by atoms with E-state index in [0.29, 0.717) is 0 Å². The second kappa shape index (κ2) is 9.89. The molecule has 1 unspecified atom stereocenters. The molecule has 35 heavy (non-hydrogen) atoms. The van der Waals surface area contributed by atoms with Crippen molar-refractivity contribution in [1.29, 1.82) is 0 Å². The number of hydrogen-bond donors (Lipinski definition) is 0. The fraction of sp³-hybridized carbons (Fsp3) is 0.312. The van der Waals surface area contributed by atoms with E-state index >= 15 is 0 Å². The van der Waals surface area contributed by atoms with E-state index in [0.717, 1.165) is 0 Å². The van der Waals surface area contributed by atoms with Gasteiger partial charge in [-0.25, -0.2) is 0 Å². The van der Waals surface area contributed by atoms with E-state index in [-0.39, 0.29) is 5.04 Å². The molecule has 0 aliphatic rings. The highest BCUT2D eigenvalue weighted by Gasteiger charge is 2.64. The van der Waals surface area contributed by atoms with Crippen LogP contribution in [0, 0.1) is 0 Å². The standard InChI is InChI=1S/C32H42OSi2/c1-10-34(6,7)30(3,4)31(5,27-21-15-12-16-22-27)32(33-35(8,9)11-2,28-23-17-13-18-24-28)29-25-19-14-20-26-29/h10-26H,1-2H2,3-9H3. The molecule has 0 saturated carbocycles. The highest BCUT2D eigenvalue weighted by atomic mass is 28.4. The van der Waals surface area contributed by atoms with E-state index in [1.54, 1.807) is 0 Å². The van der Waals surface area contributed by atoms with Gasteiger partial charge in [0.1, 0.15) is 5.60 Å². The van der Waals surface area contributed by atoms with Crippen LogP contribution in [0.25, 0.3) is 0 Å². The SMILES string of the molecule is C=C[Si](C)(C)OC(c1ccccc1)(c1ccccc1)C(C)(c1ccccc1)C(C)(C)[Si](C)(C)C=C. The lowest BCUT2D eigenvalue weighted by Crippen LogP contribution is -2.63. The molecular formula is C32H42OSi2. The van der Waals surface area contributed by atoms with Crippen molar-refractivity contribution in [3.05, 3.63) is 132 Å². The van der Waals surface area contributed by atoms with Gasteiger partial charge in [-0.15, -0.1) is 18.9 Å². The van der Waals surface area contributed by atoms with Gasteiger partial charge in [0.2, 0.25) is 8.32 Å². The fourth-order valence-electron chi connectivity index (χ4n) is 5.42. The van der Waals surface area contributed by atoms with Crippen LogP contribution in [-0.4, -0.2) is 16.4 Å². The molecule has 0 amide bonds. The Balaban J connectivity index is 2.63. The molecule has 0 aliphatic heterocycles. The van der Waals surface area contributed by atoms with Gasteiger partial charge in [0.25, 0.3) is 0 Å². The molecule has 1 nitrogen and oxygen atoms in total. The van der Waals surface area contributed by atoms with Gasteiger partial charge in [0.15, 0.2) is 0 Å². The number of hydrogen-bond acceptors (Lipinski definition) is 1. The summed E-state index contributed by atoms with van der Waals surface area (Å²) in [7, 11) is -4.33. The lowest BCUT2D eigenvalue weighted by Gasteiger charge is -2.62. The predicted octanol–water partition coefficient (Wildman–Crippen LogP) is 9.05. The van der Waals surface area contributed by atoms with E-state index in [4.69, 9.17) is 4.43 Å². The van der Waals surface area contributed by atoms with Gasteiger partial charge in [0, 0.05) is 5.41 Å². The zero-order chi connectivity index (χ0) is 26.0. The molecule has 0 radical (unpaired) electrons. The Kier molecular flexibility index (Phi) is 7.66. The summed E-state index contributed by atoms with van der Waals surface area (Å²) in [5.74, 6) is 0. The van der Waals surface area contributed by atoms with Crippen LogP contribution in [0.4, 0.5) is 0 Å². The van der Waals surface area contributed by atoms with Crippen LogP contribution in [-0.2, 0) is 15.4 Å². The molecule has 0 heterocycles. The Morgan fingerprint density at radius 1 is 0.600 bits per heavy atom. The smallest absolute Gasteiger partial charge is 0.212 e. The molecule has 0 N–H and O–H groups in total. The van der Waals surface area contributed by atoms with E-state index < -0.39 is 27.4 Å². The van der Waals surface area contributed by atoms with Gasteiger partial charge in [-0.05, 0) is 34.8 Å². The van der Waals surface area contributed by atoms with Crippen molar-refractivity contribution >= 4 is 16.4 Å². The molecule has 0 saturated heterocycles. The largest absolute Gasteiger partial charge is 0.399 e. The lowest BCUT2D eigenvalue weighted by molar-refractivity contribution is -0.00231. The Hall–Kier alpha value is -2.47. The second-order valence-electron chi connectivity index (χ2n) is 11.4. The summed E-state index contributed by atoms with van der Waals surface area (Å²) < 4.78 is 7.60. The Morgan fingerprint density at radius 2 is 0.971 bits per heavy atom. The third-order valence-corrected chi connectivity index (χ3v) is 15.3. The second-order valence-corrected chi connectivity index (χ2v) is 20.3. The van der Waals surface area contributed by atoms with Gasteiger partial charge in [-0.2, -0.15) is 0 Å². The third-order valence-electron chi connectivity index (χ3n) is 8.69. The van der Waals surface area contributed by atoms with Crippen molar-refractivity contribution in [3.8, 4) is 0 Å². The normalized spacial score (nSPS) is 14.7. The molecule has 3 aromatic rings. The minimum atomic E-state index is -2.32. The van der Waals surface area contributed by atoms with E-state index in [1.165, 1.54) is 16.7 Å². The molecule has 1 atom stereocenters. The summed E-state index contributed by atoms with van der Waals surface area (Å²) >= 11 is 0. The zero-order valence-electron chi connectivity index (χ0n) is 22.6. The average molecular weight is 499 g/mol. The van der Waals surface area contributed by atoms with E-state index in [1.807, 2.05) is 0 Å². The summed E-state index contributed by atoms with van der Waals surface area (Å²) in [6.07, 6.45) is 0. The van der Waals surface area contributed by atoms with Crippen LogP contribution in [0.15, 0.2) is 116 Å². The van der Waals surface area contributed by atoms with Crippen LogP contribution >= 0.6 is 0 Å². The minimum Gasteiger partial charge on any atom is -0.399 e. The molecule has 0 fully saturated rings. The topological polar surface area (TPSA) is 9.23 Å². The van der Waals surface area contributed by atoms with E-state index in [2.05, 4.69) is 163 Å². The Morgan fingerprint density at radius 3 is 1.31 bits per heavy atom. The Bertz CT molecular complexity index is 1090. The van der Waals surface area contributed by atoms with Crippen molar-refractivity contribution < 1.29 is 4.43 Å². The number of benzene rings is 3. The first kappa shape index (κ1) is 27.1. The van der Waals surface area contributed by atoms with Crippen LogP contribution < -0.4 is 0 Å². The summed E-state index contributed by atoms with van der Waals surface area (Å²) in [6.45, 7) is 25.2. The number of rotatable bonds is 10. The molecule has 3 heteroatoms. The van der Waals surface area contributed by atoms with Gasteiger partial charge < -0.3 is 4.43 Å². The quantitative estimate of drug-likeness (QED) is 0.253. The molecule has 3 rings (SSSR count). The van der Waals surface area contributed by atoms with Crippen molar-refractivity contribution in [2.24, 2.45) is 0 Å². The molecule has 3 aromatic carbocycles. The van der Waals surface area contributed by atoms with Crippen molar-refractivity contribution in [2.45, 2.75) is 63.0 Å². The highest BCUT2D eigenvalue weighted by Crippen LogP contribution is 2.65. The lowest BCUT2D eigenvalue weighted by atomic mass is 9.57. The third kappa shape index (κ3) is 4.46. The van der Waals surface area contributed by atoms with Crippen LogP contribution in [0.5, 0.6) is 0 Å². The first-order valence-corrected chi connectivity index (χ1v) is 18.6. The maximum absolute atomic E-state index is 7.60. The maximum atomic E-state index is 7.60. The summed E-state index contributed by atoms with van der Waals surface area (Å²) in [6, 6.07) is 32.6. The van der Waals surface area contributed by atoms with Gasteiger partial charge in [-0.1, -0.05) is 131 Å². The van der Waals surface area contributed by atoms with Crippen molar-refractivity contribution in [2.75, 3.05) is 0 Å². The summed E-state index contributed by atoms with van der Waals surface area (Å²) in [4.78, 5) is 0. The maximum Gasteiger partial charge on any atom is 0.212 e. The molecule has 0 aromatic heterocycles. The zero-order valence-corrected chi connectivity index (χ0v) is 24.6. The van der Waals surface area contributed by atoms with Gasteiger partial charge in [0.05, 0.1) is 8.07 Å². The van der Waals surface area contributed by atoms with Gasteiger partial charge >= 0.3 is 0 Å². The van der Waals surface area contributed by atoms with Crippen molar-refractivity contribution in [3.63, 3.8) is 0 Å². The highest BCUT2D eigenvalue weighted by molar-refractivity contribution is 6.85. The summed E-state index contributed by atoms with van der Waals surface area (Å²) in [5.41, 5.74) is 6.71. The first-order chi connectivity index (χ1) is 16.4. The summed E-state index contributed by atoms with van der Waals surface area (Å²) in [5, 5.41) is -0.152. The fourth-order valence-corrected chi connectivity index (χ4v) is 8.85. The van der Waals surface area contributed by atoms with Crippen LogP contribution in [0.1, 0.15) is 37.5 Å². The monoisotopic (exact) mass is 498 g/mol. The molecule has 0 aliphatic carbocycles. The van der Waals surface area contributed by atoms with Crippen molar-refractivity contribution in [1.82, 2.24) is 0 Å². The van der Waals surface area contributed by atoms with Crippen LogP contribution in [0.2, 0.25) is 31.2 Å².